The minimum absolute atomic E-state index is 0.0597. The number of carbonyl (C=O) groups excluding carboxylic acids is 1. The highest BCUT2D eigenvalue weighted by Crippen LogP contribution is 2.22. The molecule has 5 nitrogen and oxygen atoms in total. The molecule has 27 heavy (non-hydrogen) atoms. The zero-order chi connectivity index (χ0) is 19.6. The number of nitriles is 1. The number of fused-ring (bicyclic) bond motifs is 1. The van der Waals surface area contributed by atoms with Gasteiger partial charge in [-0.3, -0.25) is 14.2 Å². The van der Waals surface area contributed by atoms with E-state index >= 15 is 0 Å². The fourth-order valence-electron chi connectivity index (χ4n) is 3.03. The fourth-order valence-corrected chi connectivity index (χ4v) is 3.03. The molecule has 0 saturated carbocycles. The first-order valence-corrected chi connectivity index (χ1v) is 8.15. The highest BCUT2D eigenvalue weighted by molar-refractivity contribution is 6.07. The van der Waals surface area contributed by atoms with Gasteiger partial charge in [0, 0.05) is 17.6 Å². The summed E-state index contributed by atoms with van der Waals surface area (Å²) in [4.78, 5) is 25.3. The van der Waals surface area contributed by atoms with Crippen molar-refractivity contribution in [2.24, 2.45) is 0 Å². The molecule has 3 rings (SSSR count). The molecule has 0 bridgehead atoms. The van der Waals surface area contributed by atoms with E-state index in [9.17, 15) is 18.4 Å². The van der Waals surface area contributed by atoms with E-state index < -0.39 is 23.1 Å². The van der Waals surface area contributed by atoms with Crippen molar-refractivity contribution in [2.75, 3.05) is 0 Å². The lowest BCUT2D eigenvalue weighted by Gasteiger charge is -2.15. The lowest BCUT2D eigenvalue weighted by Crippen LogP contribution is -2.30. The fraction of sp³-hybridized carbons (Fsp3) is 0.150. The molecule has 0 spiro atoms. The summed E-state index contributed by atoms with van der Waals surface area (Å²) < 4.78 is 28.6. The Morgan fingerprint density at radius 2 is 1.96 bits per heavy atom. The third kappa shape index (κ3) is 3.42. The van der Waals surface area contributed by atoms with Crippen molar-refractivity contribution in [3.05, 3.63) is 81.3 Å². The van der Waals surface area contributed by atoms with Gasteiger partial charge in [0.1, 0.15) is 18.2 Å². The van der Waals surface area contributed by atoms with E-state index in [0.29, 0.717) is 5.56 Å². The molecule has 1 N–H and O–H groups in total. The van der Waals surface area contributed by atoms with Gasteiger partial charge in [-0.2, -0.15) is 5.26 Å². The number of carbonyl (C=O) groups is 1. The molecule has 0 saturated heterocycles. The summed E-state index contributed by atoms with van der Waals surface area (Å²) in [5, 5.41) is 11.6. The molecular weight excluding hydrogens is 352 g/mol. The van der Waals surface area contributed by atoms with Crippen molar-refractivity contribution in [2.45, 2.75) is 20.0 Å². The Bertz CT molecular complexity index is 1150. The normalized spacial score (nSPS) is 10.6. The molecule has 1 amide bonds. The molecular formula is C20H15F2N3O2. The number of pyridine rings is 1. The van der Waals surface area contributed by atoms with Gasteiger partial charge < -0.3 is 5.32 Å². The maximum Gasteiger partial charge on any atom is 0.262 e. The lowest BCUT2D eigenvalue weighted by atomic mass is 10.0. The van der Waals surface area contributed by atoms with Gasteiger partial charge in [0.2, 0.25) is 0 Å². The zero-order valence-corrected chi connectivity index (χ0v) is 14.4. The topological polar surface area (TPSA) is 74.9 Å². The van der Waals surface area contributed by atoms with Crippen LogP contribution in [0.5, 0.6) is 0 Å². The van der Waals surface area contributed by atoms with Gasteiger partial charge in [0.05, 0.1) is 17.0 Å². The first-order chi connectivity index (χ1) is 12.9. The van der Waals surface area contributed by atoms with Gasteiger partial charge in [-0.25, -0.2) is 8.78 Å². The zero-order valence-electron chi connectivity index (χ0n) is 14.4. The smallest absolute Gasteiger partial charge is 0.262 e. The van der Waals surface area contributed by atoms with E-state index in [2.05, 4.69) is 5.32 Å². The molecule has 1 heterocycles. The van der Waals surface area contributed by atoms with Gasteiger partial charge in [0.25, 0.3) is 11.5 Å². The predicted molar refractivity (Wildman–Crippen MR) is 96.1 cm³/mol. The average Bonchev–Trinajstić information content (AvgIpc) is 2.63. The molecule has 0 radical (unpaired) electrons. The SMILES string of the molecule is Cc1c(C(=O)NCc2cccc(F)c2)c2cccc(F)c2c(=O)n1CC#N. The van der Waals surface area contributed by atoms with Crippen LogP contribution >= 0.6 is 0 Å². The Labute approximate surface area is 153 Å². The van der Waals surface area contributed by atoms with Crippen LogP contribution in [0.15, 0.2) is 47.3 Å². The summed E-state index contributed by atoms with van der Waals surface area (Å²) in [6, 6.07) is 11.6. The second-order valence-electron chi connectivity index (χ2n) is 5.98. The quantitative estimate of drug-likeness (QED) is 0.770. The minimum atomic E-state index is -0.761. The number of rotatable bonds is 4. The molecule has 136 valence electrons. The number of amides is 1. The Morgan fingerprint density at radius 3 is 2.67 bits per heavy atom. The maximum absolute atomic E-state index is 14.3. The largest absolute Gasteiger partial charge is 0.348 e. The van der Waals surface area contributed by atoms with Crippen LogP contribution in [-0.4, -0.2) is 10.5 Å². The van der Waals surface area contributed by atoms with Crippen molar-refractivity contribution in [3.8, 4) is 6.07 Å². The standard InChI is InChI=1S/C20H15F2N3O2/c1-12-17(19(26)24-11-13-4-2-5-14(21)10-13)15-6-3-7-16(22)18(15)20(27)25(12)9-8-23/h2-7,10H,9,11H2,1H3,(H,24,26). The van der Waals surface area contributed by atoms with Crippen molar-refractivity contribution in [1.82, 2.24) is 9.88 Å². The minimum Gasteiger partial charge on any atom is -0.348 e. The van der Waals surface area contributed by atoms with Gasteiger partial charge in [-0.15, -0.1) is 0 Å². The Kier molecular flexibility index (Phi) is 4.99. The summed E-state index contributed by atoms with van der Waals surface area (Å²) in [7, 11) is 0. The Morgan fingerprint density at radius 1 is 1.22 bits per heavy atom. The molecule has 0 aliphatic rings. The number of hydrogen-bond donors (Lipinski definition) is 1. The molecule has 0 fully saturated rings. The van der Waals surface area contributed by atoms with Crippen LogP contribution in [-0.2, 0) is 13.1 Å². The molecule has 0 aliphatic heterocycles. The van der Waals surface area contributed by atoms with Crippen molar-refractivity contribution in [3.63, 3.8) is 0 Å². The molecule has 0 unspecified atom stereocenters. The molecule has 2 aromatic carbocycles. The van der Waals surface area contributed by atoms with Crippen LogP contribution in [0, 0.1) is 29.9 Å². The van der Waals surface area contributed by atoms with Crippen LogP contribution in [0.2, 0.25) is 0 Å². The van der Waals surface area contributed by atoms with Gasteiger partial charge in [0.15, 0.2) is 0 Å². The van der Waals surface area contributed by atoms with Gasteiger partial charge in [-0.1, -0.05) is 24.3 Å². The van der Waals surface area contributed by atoms with Crippen molar-refractivity contribution >= 4 is 16.7 Å². The van der Waals surface area contributed by atoms with E-state index in [1.54, 1.807) is 6.07 Å². The third-order valence-corrected chi connectivity index (χ3v) is 4.31. The van der Waals surface area contributed by atoms with E-state index in [0.717, 1.165) is 10.6 Å². The lowest BCUT2D eigenvalue weighted by molar-refractivity contribution is 0.0951. The molecule has 7 heteroatoms. The average molecular weight is 367 g/mol. The van der Waals surface area contributed by atoms with E-state index in [4.69, 9.17) is 5.26 Å². The van der Waals surface area contributed by atoms with E-state index in [-0.39, 0.29) is 35.1 Å². The number of benzene rings is 2. The van der Waals surface area contributed by atoms with Crippen molar-refractivity contribution in [1.29, 1.82) is 5.26 Å². The van der Waals surface area contributed by atoms with Gasteiger partial charge >= 0.3 is 0 Å². The second kappa shape index (κ2) is 7.38. The van der Waals surface area contributed by atoms with E-state index in [1.165, 1.54) is 37.3 Å². The summed E-state index contributed by atoms with van der Waals surface area (Å²) in [5.74, 6) is -1.73. The first kappa shape index (κ1) is 18.3. The predicted octanol–water partition coefficient (Wildman–Crippen LogP) is 3.04. The molecule has 0 atom stereocenters. The maximum atomic E-state index is 14.3. The monoisotopic (exact) mass is 367 g/mol. The highest BCUT2D eigenvalue weighted by atomic mass is 19.1. The summed E-state index contributed by atoms with van der Waals surface area (Å²) in [6.07, 6.45) is 0. The van der Waals surface area contributed by atoms with Crippen molar-refractivity contribution < 1.29 is 13.6 Å². The highest BCUT2D eigenvalue weighted by Gasteiger charge is 2.21. The summed E-state index contributed by atoms with van der Waals surface area (Å²) >= 11 is 0. The second-order valence-corrected chi connectivity index (χ2v) is 5.98. The number of hydrogen-bond acceptors (Lipinski definition) is 3. The van der Waals surface area contributed by atoms with Crippen LogP contribution in [0.3, 0.4) is 0 Å². The number of nitrogens with one attached hydrogen (secondary N) is 1. The van der Waals surface area contributed by atoms with Crippen LogP contribution in [0.4, 0.5) is 8.78 Å². The van der Waals surface area contributed by atoms with Crippen LogP contribution in [0.1, 0.15) is 21.6 Å². The third-order valence-electron chi connectivity index (χ3n) is 4.31. The summed E-state index contributed by atoms with van der Waals surface area (Å²) in [6.45, 7) is 1.28. The van der Waals surface area contributed by atoms with Crippen LogP contribution in [0.25, 0.3) is 10.8 Å². The van der Waals surface area contributed by atoms with Gasteiger partial charge in [-0.05, 0) is 30.7 Å². The molecule has 1 aromatic heterocycles. The number of halogens is 2. The number of nitrogens with zero attached hydrogens (tertiary/aromatic N) is 2. The Hall–Kier alpha value is -3.53. The molecule has 3 aromatic rings. The van der Waals surface area contributed by atoms with Crippen LogP contribution < -0.4 is 10.9 Å². The van der Waals surface area contributed by atoms with E-state index in [1.807, 2.05) is 6.07 Å². The molecule has 0 aliphatic carbocycles. The first-order valence-electron chi connectivity index (χ1n) is 8.15. The summed E-state index contributed by atoms with van der Waals surface area (Å²) in [5.41, 5.74) is 0.262. The Balaban J connectivity index is 2.10. The number of aromatic nitrogens is 1.